The minimum Gasteiger partial charge on any atom is -0.398 e. The van der Waals surface area contributed by atoms with Crippen LogP contribution in [-0.2, 0) is 11.2 Å². The standard InChI is InChI=1S/C17H19N5OS/c1-3-12-4-7-14(8-5-12)19-16(23)11(2)24-17-21-20-15-9-6-13(18)10-22(15)17/h4-11H,3,18H2,1-2H3,(H,19,23). The highest BCUT2D eigenvalue weighted by atomic mass is 32.2. The van der Waals surface area contributed by atoms with E-state index in [1.165, 1.54) is 17.3 Å². The summed E-state index contributed by atoms with van der Waals surface area (Å²) in [5.41, 5.74) is 9.16. The van der Waals surface area contributed by atoms with E-state index in [9.17, 15) is 4.79 Å². The molecule has 3 rings (SSSR count). The number of nitrogens with two attached hydrogens (primary N) is 1. The number of nitrogens with one attached hydrogen (secondary N) is 1. The highest BCUT2D eigenvalue weighted by Crippen LogP contribution is 2.24. The van der Waals surface area contributed by atoms with Gasteiger partial charge in [0.2, 0.25) is 5.91 Å². The number of hydrogen-bond acceptors (Lipinski definition) is 5. The molecular formula is C17H19N5OS. The summed E-state index contributed by atoms with van der Waals surface area (Å²) >= 11 is 1.35. The van der Waals surface area contributed by atoms with Gasteiger partial charge < -0.3 is 11.1 Å². The van der Waals surface area contributed by atoms with Gasteiger partial charge in [-0.25, -0.2) is 0 Å². The molecule has 2 aromatic heterocycles. The summed E-state index contributed by atoms with van der Waals surface area (Å²) in [5.74, 6) is -0.0788. The zero-order chi connectivity index (χ0) is 17.1. The first-order valence-electron chi connectivity index (χ1n) is 7.73. The number of benzene rings is 1. The molecule has 1 unspecified atom stereocenters. The van der Waals surface area contributed by atoms with Crippen LogP contribution in [0.4, 0.5) is 11.4 Å². The zero-order valence-corrected chi connectivity index (χ0v) is 14.4. The third-order valence-electron chi connectivity index (χ3n) is 3.68. The monoisotopic (exact) mass is 341 g/mol. The molecule has 2 heterocycles. The Hall–Kier alpha value is -2.54. The van der Waals surface area contributed by atoms with E-state index in [1.807, 2.05) is 31.2 Å². The number of carbonyl (C=O) groups excluding carboxylic acids is 1. The molecule has 6 nitrogen and oxygen atoms in total. The fraction of sp³-hybridized carbons (Fsp3) is 0.235. The lowest BCUT2D eigenvalue weighted by atomic mass is 10.1. The Bertz CT molecular complexity index is 859. The van der Waals surface area contributed by atoms with Crippen molar-refractivity contribution in [2.24, 2.45) is 0 Å². The van der Waals surface area contributed by atoms with Gasteiger partial charge >= 0.3 is 0 Å². The first-order chi connectivity index (χ1) is 11.6. The summed E-state index contributed by atoms with van der Waals surface area (Å²) < 4.78 is 1.79. The van der Waals surface area contributed by atoms with E-state index in [0.29, 0.717) is 16.5 Å². The van der Waals surface area contributed by atoms with Crippen molar-refractivity contribution < 1.29 is 4.79 Å². The summed E-state index contributed by atoms with van der Waals surface area (Å²) in [6, 6.07) is 11.4. The van der Waals surface area contributed by atoms with E-state index in [4.69, 9.17) is 5.73 Å². The summed E-state index contributed by atoms with van der Waals surface area (Å²) in [6.45, 7) is 3.94. The van der Waals surface area contributed by atoms with Crippen LogP contribution in [0, 0.1) is 0 Å². The molecule has 7 heteroatoms. The second-order valence-corrected chi connectivity index (χ2v) is 6.78. The maximum atomic E-state index is 12.4. The molecule has 124 valence electrons. The number of carbonyl (C=O) groups is 1. The van der Waals surface area contributed by atoms with Crippen molar-refractivity contribution in [1.82, 2.24) is 14.6 Å². The van der Waals surface area contributed by atoms with Crippen molar-refractivity contribution in [1.29, 1.82) is 0 Å². The molecule has 3 aromatic rings. The Labute approximate surface area is 144 Å². The first kappa shape index (κ1) is 16.3. The number of thioether (sulfide) groups is 1. The van der Waals surface area contributed by atoms with Crippen LogP contribution >= 0.6 is 11.8 Å². The van der Waals surface area contributed by atoms with Gasteiger partial charge in [-0.3, -0.25) is 9.20 Å². The molecule has 0 aliphatic rings. The molecule has 3 N–H and O–H groups in total. The van der Waals surface area contributed by atoms with Gasteiger partial charge in [0, 0.05) is 17.6 Å². The quantitative estimate of drug-likeness (QED) is 0.697. The SMILES string of the molecule is CCc1ccc(NC(=O)C(C)Sc2nnc3ccc(N)cn23)cc1. The van der Waals surface area contributed by atoms with Crippen LogP contribution in [0.2, 0.25) is 0 Å². The summed E-state index contributed by atoms with van der Waals surface area (Å²) in [6.07, 6.45) is 2.73. The zero-order valence-electron chi connectivity index (χ0n) is 13.6. The van der Waals surface area contributed by atoms with Crippen molar-refractivity contribution in [2.75, 3.05) is 11.1 Å². The van der Waals surface area contributed by atoms with Gasteiger partial charge in [-0.15, -0.1) is 10.2 Å². The minimum absolute atomic E-state index is 0.0788. The highest BCUT2D eigenvalue weighted by molar-refractivity contribution is 8.00. The lowest BCUT2D eigenvalue weighted by Gasteiger charge is -2.11. The smallest absolute Gasteiger partial charge is 0.237 e. The van der Waals surface area contributed by atoms with Crippen molar-refractivity contribution >= 4 is 34.7 Å². The van der Waals surface area contributed by atoms with Gasteiger partial charge in [0.05, 0.1) is 5.25 Å². The Kier molecular flexibility index (Phi) is 4.71. The van der Waals surface area contributed by atoms with Gasteiger partial charge in [-0.2, -0.15) is 0 Å². The average molecular weight is 341 g/mol. The maximum absolute atomic E-state index is 12.4. The number of anilines is 2. The maximum Gasteiger partial charge on any atom is 0.237 e. The summed E-state index contributed by atoms with van der Waals surface area (Å²) in [5, 5.41) is 11.5. The van der Waals surface area contributed by atoms with Crippen molar-refractivity contribution in [3.63, 3.8) is 0 Å². The molecule has 0 saturated carbocycles. The number of rotatable bonds is 5. The number of nitrogen functional groups attached to an aromatic ring is 1. The van der Waals surface area contributed by atoms with Crippen molar-refractivity contribution in [3.05, 3.63) is 48.2 Å². The second kappa shape index (κ2) is 6.92. The number of aryl methyl sites for hydroxylation is 1. The Morgan fingerprint density at radius 2 is 2.00 bits per heavy atom. The largest absolute Gasteiger partial charge is 0.398 e. The number of aromatic nitrogens is 3. The van der Waals surface area contributed by atoms with Crippen LogP contribution in [0.3, 0.4) is 0 Å². The number of amides is 1. The molecule has 1 aromatic carbocycles. The van der Waals surface area contributed by atoms with Crippen LogP contribution in [0.1, 0.15) is 19.4 Å². The van der Waals surface area contributed by atoms with Crippen LogP contribution in [-0.4, -0.2) is 25.8 Å². The van der Waals surface area contributed by atoms with Crippen molar-refractivity contribution in [2.45, 2.75) is 30.7 Å². The second-order valence-electron chi connectivity index (χ2n) is 5.47. The summed E-state index contributed by atoms with van der Waals surface area (Å²) in [7, 11) is 0. The number of fused-ring (bicyclic) bond motifs is 1. The topological polar surface area (TPSA) is 85.3 Å². The number of hydrogen-bond donors (Lipinski definition) is 2. The lowest BCUT2D eigenvalue weighted by molar-refractivity contribution is -0.115. The predicted molar refractivity (Wildman–Crippen MR) is 97.2 cm³/mol. The third kappa shape index (κ3) is 3.51. The molecule has 1 atom stereocenters. The number of pyridine rings is 1. The normalized spacial score (nSPS) is 12.2. The molecule has 0 saturated heterocycles. The number of nitrogens with zero attached hydrogens (tertiary/aromatic N) is 3. The van der Waals surface area contributed by atoms with Gasteiger partial charge in [-0.1, -0.05) is 30.8 Å². The molecule has 1 amide bonds. The Morgan fingerprint density at radius 1 is 1.25 bits per heavy atom. The van der Waals surface area contributed by atoms with E-state index in [-0.39, 0.29) is 11.2 Å². The fourth-order valence-corrected chi connectivity index (χ4v) is 3.08. The Balaban J connectivity index is 1.69. The molecule has 0 fully saturated rings. The van der Waals surface area contributed by atoms with E-state index in [0.717, 1.165) is 12.1 Å². The lowest BCUT2D eigenvalue weighted by Crippen LogP contribution is -2.22. The molecule has 0 aliphatic carbocycles. The van der Waals surface area contributed by atoms with Crippen molar-refractivity contribution in [3.8, 4) is 0 Å². The molecule has 0 aliphatic heterocycles. The average Bonchev–Trinajstić information content (AvgIpc) is 2.97. The van der Waals surface area contributed by atoms with Gasteiger partial charge in [0.1, 0.15) is 0 Å². The van der Waals surface area contributed by atoms with Gasteiger partial charge in [0.15, 0.2) is 10.8 Å². The minimum atomic E-state index is -0.315. The van der Waals surface area contributed by atoms with E-state index in [2.05, 4.69) is 22.4 Å². The fourth-order valence-electron chi connectivity index (χ4n) is 2.25. The molecule has 0 spiro atoms. The molecule has 0 radical (unpaired) electrons. The Morgan fingerprint density at radius 3 is 2.71 bits per heavy atom. The van der Waals surface area contributed by atoms with Crippen LogP contribution < -0.4 is 11.1 Å². The van der Waals surface area contributed by atoms with Crippen LogP contribution in [0.5, 0.6) is 0 Å². The molecule has 0 bridgehead atoms. The van der Waals surface area contributed by atoms with Crippen LogP contribution in [0.15, 0.2) is 47.8 Å². The third-order valence-corrected chi connectivity index (χ3v) is 4.73. The molecule has 24 heavy (non-hydrogen) atoms. The van der Waals surface area contributed by atoms with E-state index >= 15 is 0 Å². The highest BCUT2D eigenvalue weighted by Gasteiger charge is 2.18. The first-order valence-corrected chi connectivity index (χ1v) is 8.61. The molecular weight excluding hydrogens is 322 g/mol. The van der Waals surface area contributed by atoms with Crippen LogP contribution in [0.25, 0.3) is 5.65 Å². The van der Waals surface area contributed by atoms with E-state index in [1.54, 1.807) is 22.7 Å². The van der Waals surface area contributed by atoms with E-state index < -0.39 is 0 Å². The van der Waals surface area contributed by atoms with Gasteiger partial charge in [-0.05, 0) is 43.2 Å². The van der Waals surface area contributed by atoms with Gasteiger partial charge in [0.25, 0.3) is 0 Å². The summed E-state index contributed by atoms with van der Waals surface area (Å²) in [4.78, 5) is 12.4. The predicted octanol–water partition coefficient (Wildman–Crippen LogP) is 2.99.